The summed E-state index contributed by atoms with van der Waals surface area (Å²) in [6, 6.07) is 10.6. The van der Waals surface area contributed by atoms with Crippen LogP contribution in [0.5, 0.6) is 11.6 Å². The number of benzene rings is 1. The summed E-state index contributed by atoms with van der Waals surface area (Å²) in [6.45, 7) is 5.47. The zero-order valence-corrected chi connectivity index (χ0v) is 18.6. The summed E-state index contributed by atoms with van der Waals surface area (Å²) in [5.41, 5.74) is 0.994. The highest BCUT2D eigenvalue weighted by molar-refractivity contribution is 5.68. The van der Waals surface area contributed by atoms with Crippen molar-refractivity contribution in [2.75, 3.05) is 13.2 Å². The van der Waals surface area contributed by atoms with E-state index in [1.165, 1.54) is 4.80 Å². The fourth-order valence-corrected chi connectivity index (χ4v) is 3.21. The van der Waals surface area contributed by atoms with Crippen LogP contribution in [0.3, 0.4) is 0 Å². The second kappa shape index (κ2) is 9.41. The first kappa shape index (κ1) is 22.5. The summed E-state index contributed by atoms with van der Waals surface area (Å²) in [5.74, 6) is 1.48. The third-order valence-corrected chi connectivity index (χ3v) is 4.67. The molecule has 0 fully saturated rings. The maximum Gasteiger partial charge on any atom is 0.408 e. The third kappa shape index (κ3) is 5.75. The van der Waals surface area contributed by atoms with Crippen molar-refractivity contribution in [1.29, 1.82) is 0 Å². The highest BCUT2D eigenvalue weighted by Crippen LogP contribution is 2.34. The Kier molecular flexibility index (Phi) is 6.40. The highest BCUT2D eigenvalue weighted by Gasteiger charge is 2.24. The lowest BCUT2D eigenvalue weighted by Crippen LogP contribution is -2.43. The average Bonchev–Trinajstić information content (AvgIpc) is 3.25. The van der Waals surface area contributed by atoms with Crippen LogP contribution >= 0.6 is 0 Å². The Morgan fingerprint density at radius 1 is 1.33 bits per heavy atom. The van der Waals surface area contributed by atoms with Crippen LogP contribution in [0.25, 0.3) is 11.4 Å². The Morgan fingerprint density at radius 2 is 2.18 bits per heavy atom. The maximum atomic E-state index is 12.0. The van der Waals surface area contributed by atoms with Gasteiger partial charge in [-0.1, -0.05) is 18.2 Å². The predicted molar refractivity (Wildman–Crippen MR) is 117 cm³/mol. The van der Waals surface area contributed by atoms with Gasteiger partial charge in [-0.05, 0) is 49.7 Å². The van der Waals surface area contributed by atoms with Crippen LogP contribution in [0.15, 0.2) is 42.6 Å². The van der Waals surface area contributed by atoms with Crippen molar-refractivity contribution < 1.29 is 24.1 Å². The van der Waals surface area contributed by atoms with Gasteiger partial charge in [0.05, 0.1) is 19.2 Å². The van der Waals surface area contributed by atoms with Gasteiger partial charge in [-0.25, -0.2) is 9.78 Å². The molecule has 3 aromatic rings. The van der Waals surface area contributed by atoms with Gasteiger partial charge in [0, 0.05) is 11.8 Å². The number of carbonyl (C=O) groups is 1. The van der Waals surface area contributed by atoms with Gasteiger partial charge in [0.25, 0.3) is 5.88 Å². The summed E-state index contributed by atoms with van der Waals surface area (Å²) in [6.07, 6.45) is 0.708. The topological polar surface area (TPSA) is 134 Å². The monoisotopic (exact) mass is 454 g/mol. The van der Waals surface area contributed by atoms with Crippen LogP contribution in [-0.2, 0) is 11.3 Å². The first-order valence-electron chi connectivity index (χ1n) is 10.5. The number of aliphatic hydroxyl groups excluding tert-OH is 1. The van der Waals surface area contributed by atoms with E-state index in [2.05, 4.69) is 25.7 Å². The number of aliphatic hydroxyl groups is 1. The van der Waals surface area contributed by atoms with E-state index in [1.807, 2.05) is 30.3 Å². The Bertz CT molecular complexity index is 1110. The highest BCUT2D eigenvalue weighted by atomic mass is 16.6. The number of pyridine rings is 1. The molecule has 0 spiro atoms. The summed E-state index contributed by atoms with van der Waals surface area (Å²) in [5, 5.41) is 24.7. The number of fused-ring (bicyclic) bond motifs is 1. The zero-order chi connectivity index (χ0) is 23.4. The SMILES string of the molecule is CC(C)(C)OC(=O)N[C@H](CO)Cn1nnc(-c2cccc([C@@H]3COc4cccnc4O3)c2)n1. The number of nitrogens with one attached hydrogen (secondary N) is 1. The lowest BCUT2D eigenvalue weighted by Gasteiger charge is -2.25. The number of aromatic nitrogens is 5. The van der Waals surface area contributed by atoms with Gasteiger partial charge in [0.2, 0.25) is 5.82 Å². The standard InChI is InChI=1S/C22H26N6O5/c1-22(2,3)33-21(30)24-16(12-29)11-28-26-19(25-27-28)15-7-4-6-14(10-15)18-13-31-17-8-5-9-23-20(17)32-18/h4-10,16,18,29H,11-13H2,1-3H3,(H,24,30)/t16-,18-/m0/s1. The van der Waals surface area contributed by atoms with Gasteiger partial charge in [0.1, 0.15) is 12.2 Å². The minimum Gasteiger partial charge on any atom is -0.484 e. The number of nitrogens with zero attached hydrogens (tertiary/aromatic N) is 5. The number of hydrogen-bond donors (Lipinski definition) is 2. The lowest BCUT2D eigenvalue weighted by molar-refractivity contribution is 0.0472. The van der Waals surface area contributed by atoms with Gasteiger partial charge < -0.3 is 24.6 Å². The van der Waals surface area contributed by atoms with Crippen LogP contribution in [0, 0.1) is 0 Å². The van der Waals surface area contributed by atoms with Crippen molar-refractivity contribution in [2.24, 2.45) is 0 Å². The molecule has 1 amide bonds. The number of hydrogen-bond acceptors (Lipinski definition) is 9. The fourth-order valence-electron chi connectivity index (χ4n) is 3.21. The van der Waals surface area contributed by atoms with E-state index in [-0.39, 0.29) is 19.3 Å². The third-order valence-electron chi connectivity index (χ3n) is 4.67. The van der Waals surface area contributed by atoms with Crippen LogP contribution in [0.4, 0.5) is 4.79 Å². The maximum absolute atomic E-state index is 12.0. The number of ether oxygens (including phenoxy) is 3. The quantitative estimate of drug-likeness (QED) is 0.574. The molecule has 3 heterocycles. The molecule has 1 aliphatic heterocycles. The number of amides is 1. The molecule has 4 rings (SSSR count). The molecule has 1 aliphatic rings. The largest absolute Gasteiger partial charge is 0.484 e. The normalized spacial score (nSPS) is 16.2. The molecule has 0 bridgehead atoms. The minimum absolute atomic E-state index is 0.129. The van der Waals surface area contributed by atoms with E-state index in [1.54, 1.807) is 33.0 Å². The summed E-state index contributed by atoms with van der Waals surface area (Å²) in [7, 11) is 0. The molecule has 2 aromatic heterocycles. The summed E-state index contributed by atoms with van der Waals surface area (Å²) < 4.78 is 17.0. The van der Waals surface area contributed by atoms with Crippen molar-refractivity contribution in [1.82, 2.24) is 30.5 Å². The van der Waals surface area contributed by atoms with Gasteiger partial charge in [-0.2, -0.15) is 4.80 Å². The molecular weight excluding hydrogens is 428 g/mol. The van der Waals surface area contributed by atoms with Crippen molar-refractivity contribution in [3.63, 3.8) is 0 Å². The second-order valence-electron chi connectivity index (χ2n) is 8.54. The smallest absolute Gasteiger partial charge is 0.408 e. The lowest BCUT2D eigenvalue weighted by atomic mass is 10.1. The molecule has 0 saturated heterocycles. The molecule has 0 saturated carbocycles. The van der Waals surface area contributed by atoms with Crippen LogP contribution in [0.1, 0.15) is 32.4 Å². The number of alkyl carbamates (subject to hydrolysis) is 1. The molecule has 1 aromatic carbocycles. The molecule has 11 nitrogen and oxygen atoms in total. The molecule has 11 heteroatoms. The fraction of sp³-hybridized carbons (Fsp3) is 0.409. The first-order chi connectivity index (χ1) is 15.8. The summed E-state index contributed by atoms with van der Waals surface area (Å²) >= 11 is 0. The Balaban J connectivity index is 1.43. The van der Waals surface area contributed by atoms with Crippen molar-refractivity contribution in [3.05, 3.63) is 48.2 Å². The van der Waals surface area contributed by atoms with Gasteiger partial charge in [0.15, 0.2) is 11.9 Å². The van der Waals surface area contributed by atoms with Crippen LogP contribution < -0.4 is 14.8 Å². The van der Waals surface area contributed by atoms with Gasteiger partial charge in [-0.3, -0.25) is 0 Å². The van der Waals surface area contributed by atoms with E-state index >= 15 is 0 Å². The molecule has 2 atom stereocenters. The zero-order valence-electron chi connectivity index (χ0n) is 18.6. The summed E-state index contributed by atoms with van der Waals surface area (Å²) in [4.78, 5) is 17.5. The van der Waals surface area contributed by atoms with Crippen molar-refractivity contribution in [2.45, 2.75) is 45.1 Å². The van der Waals surface area contributed by atoms with Crippen molar-refractivity contribution >= 4 is 6.09 Å². The predicted octanol–water partition coefficient (Wildman–Crippen LogP) is 2.13. The van der Waals surface area contributed by atoms with Crippen LogP contribution in [-0.4, -0.2) is 61.2 Å². The Hall–Kier alpha value is -3.73. The molecular formula is C22H26N6O5. The van der Waals surface area contributed by atoms with Crippen LogP contribution in [0.2, 0.25) is 0 Å². The molecule has 2 N–H and O–H groups in total. The molecule has 174 valence electrons. The molecule has 0 aliphatic carbocycles. The van der Waals surface area contributed by atoms with Crippen molar-refractivity contribution in [3.8, 4) is 23.0 Å². The number of carbonyl (C=O) groups excluding carboxylic acids is 1. The van der Waals surface area contributed by atoms with E-state index in [0.717, 1.165) is 11.1 Å². The molecule has 33 heavy (non-hydrogen) atoms. The number of tetrazole rings is 1. The van der Waals surface area contributed by atoms with E-state index in [4.69, 9.17) is 14.2 Å². The van der Waals surface area contributed by atoms with E-state index < -0.39 is 17.7 Å². The average molecular weight is 454 g/mol. The Morgan fingerprint density at radius 3 is 2.97 bits per heavy atom. The van der Waals surface area contributed by atoms with E-state index in [9.17, 15) is 9.90 Å². The molecule has 0 unspecified atom stereocenters. The van der Waals surface area contributed by atoms with E-state index in [0.29, 0.717) is 24.1 Å². The minimum atomic E-state index is -0.640. The number of rotatable bonds is 6. The molecule has 0 radical (unpaired) electrons. The first-order valence-corrected chi connectivity index (χ1v) is 10.5. The second-order valence-corrected chi connectivity index (χ2v) is 8.54. The van der Waals surface area contributed by atoms with Gasteiger partial charge in [-0.15, -0.1) is 10.2 Å². The Labute approximate surface area is 190 Å². The van der Waals surface area contributed by atoms with Gasteiger partial charge >= 0.3 is 6.09 Å².